The zero-order valence-corrected chi connectivity index (χ0v) is 20.2. The molecule has 0 saturated carbocycles. The summed E-state index contributed by atoms with van der Waals surface area (Å²) < 4.78 is 139. The highest BCUT2D eigenvalue weighted by atomic mass is 35.5. The summed E-state index contributed by atoms with van der Waals surface area (Å²) in [7, 11) is 0. The Morgan fingerprint density at radius 3 is 2.20 bits per heavy atom. The van der Waals surface area contributed by atoms with Gasteiger partial charge in [0, 0.05) is 23.5 Å². The second kappa shape index (κ2) is 11.7. The van der Waals surface area contributed by atoms with Crippen LogP contribution >= 0.6 is 11.6 Å². The van der Waals surface area contributed by atoms with Crippen molar-refractivity contribution in [3.8, 4) is 5.75 Å². The van der Waals surface area contributed by atoms with Crippen molar-refractivity contribution in [2.75, 3.05) is 11.9 Å². The van der Waals surface area contributed by atoms with Crippen LogP contribution in [0.4, 0.5) is 49.9 Å². The van der Waals surface area contributed by atoms with Crippen LogP contribution in [0, 0.1) is 0 Å². The number of anilines is 1. The van der Waals surface area contributed by atoms with Crippen molar-refractivity contribution >= 4 is 29.2 Å². The molecule has 2 aromatic carbocycles. The number of aromatic nitrogens is 2. The molecule has 0 aliphatic heterocycles. The molecule has 1 atom stereocenters. The van der Waals surface area contributed by atoms with Gasteiger partial charge in [-0.15, -0.1) is 13.2 Å². The monoisotopic (exact) mass is 601 g/mol. The Hall–Kier alpha value is -3.88. The number of hydrogen-bond acceptors (Lipinski definition) is 5. The smallest absolute Gasteiger partial charge is 0.404 e. The number of nitrogens with one attached hydrogen (secondary N) is 1. The minimum Gasteiger partial charge on any atom is -0.404 e. The van der Waals surface area contributed by atoms with E-state index in [0.29, 0.717) is 24.3 Å². The molecule has 214 valence electrons. The Morgan fingerprint density at radius 2 is 1.62 bits per heavy atom. The SMILES string of the molecule is O=C(CNc1ncccn1)c1ccc(/C(F)=C/C(c2ccc(Cl)c(OC(F)(F)F)c2)C(F)(F)F)cc1C(F)(F)F. The number of rotatable bonds is 8. The first-order chi connectivity index (χ1) is 18.5. The summed E-state index contributed by atoms with van der Waals surface area (Å²) in [5.41, 5.74) is -4.46. The zero-order chi connectivity index (χ0) is 29.9. The van der Waals surface area contributed by atoms with E-state index in [2.05, 4.69) is 20.0 Å². The third kappa shape index (κ3) is 8.07. The highest BCUT2D eigenvalue weighted by molar-refractivity contribution is 6.32. The molecule has 0 spiro atoms. The Morgan fingerprint density at radius 1 is 0.975 bits per heavy atom. The fourth-order valence-corrected chi connectivity index (χ4v) is 3.51. The second-order valence-corrected chi connectivity index (χ2v) is 8.29. The number of carbonyl (C=O) groups excluding carboxylic acids is 1. The lowest BCUT2D eigenvalue weighted by Gasteiger charge is -2.20. The maximum Gasteiger partial charge on any atom is 0.573 e. The number of halogens is 11. The van der Waals surface area contributed by atoms with Gasteiger partial charge in [0.2, 0.25) is 5.95 Å². The standard InChI is InChI=1S/C24H14ClF10N3O2/c25-17-5-3-12(9-20(17)40-24(33,34)35)15(22(27,28)29)10-18(26)13-2-4-14(16(8-13)23(30,31)32)19(39)11-38-21-36-6-1-7-37-21/h1-10,15H,11H2,(H,36,37,38)/b18-10-. The van der Waals surface area contributed by atoms with E-state index in [1.54, 1.807) is 0 Å². The fraction of sp³-hybridized carbons (Fsp3) is 0.208. The second-order valence-electron chi connectivity index (χ2n) is 7.88. The molecule has 0 amide bonds. The number of carbonyl (C=O) groups is 1. The first kappa shape index (κ1) is 30.7. The van der Waals surface area contributed by atoms with Crippen molar-refractivity contribution < 1.29 is 53.4 Å². The van der Waals surface area contributed by atoms with Crippen LogP contribution in [0.1, 0.15) is 33.0 Å². The molecule has 5 nitrogen and oxygen atoms in total. The van der Waals surface area contributed by atoms with E-state index in [1.165, 1.54) is 18.5 Å². The molecule has 40 heavy (non-hydrogen) atoms. The molecule has 0 radical (unpaired) electrons. The lowest BCUT2D eigenvalue weighted by atomic mass is 9.95. The predicted octanol–water partition coefficient (Wildman–Crippen LogP) is 8.00. The number of ether oxygens (including phenoxy) is 1. The average Bonchev–Trinajstić information content (AvgIpc) is 2.85. The lowest BCUT2D eigenvalue weighted by Crippen LogP contribution is -2.21. The summed E-state index contributed by atoms with van der Waals surface area (Å²) in [4.78, 5) is 19.9. The number of allylic oxidation sites excluding steroid dienone is 1. The molecule has 0 aliphatic carbocycles. The molecular weight excluding hydrogens is 588 g/mol. The topological polar surface area (TPSA) is 64.1 Å². The van der Waals surface area contributed by atoms with Gasteiger partial charge in [0.15, 0.2) is 5.78 Å². The minimum absolute atomic E-state index is 0.0702. The summed E-state index contributed by atoms with van der Waals surface area (Å²) in [5, 5.41) is 1.70. The number of hydrogen-bond donors (Lipinski definition) is 1. The number of alkyl halides is 9. The Kier molecular flexibility index (Phi) is 8.97. The molecule has 1 unspecified atom stereocenters. The number of Topliss-reactive ketones (excluding diaryl/α,β-unsaturated/α-hetero) is 1. The molecule has 1 heterocycles. The van der Waals surface area contributed by atoms with Crippen LogP contribution in [-0.4, -0.2) is 34.8 Å². The summed E-state index contributed by atoms with van der Waals surface area (Å²) in [5.74, 6) is -7.09. The summed E-state index contributed by atoms with van der Waals surface area (Å²) in [6.07, 6.45) is -13.3. The van der Waals surface area contributed by atoms with Crippen molar-refractivity contribution in [1.29, 1.82) is 0 Å². The van der Waals surface area contributed by atoms with Crippen LogP contribution in [0.25, 0.3) is 5.83 Å². The van der Waals surface area contributed by atoms with E-state index in [1.807, 2.05) is 0 Å². The van der Waals surface area contributed by atoms with E-state index in [4.69, 9.17) is 11.6 Å². The van der Waals surface area contributed by atoms with Crippen molar-refractivity contribution in [1.82, 2.24) is 9.97 Å². The van der Waals surface area contributed by atoms with Gasteiger partial charge in [-0.2, -0.15) is 26.3 Å². The number of benzene rings is 2. The third-order valence-corrected chi connectivity index (χ3v) is 5.39. The van der Waals surface area contributed by atoms with E-state index >= 15 is 0 Å². The van der Waals surface area contributed by atoms with E-state index in [0.717, 1.165) is 0 Å². The van der Waals surface area contributed by atoms with E-state index < -0.39 is 75.8 Å². The summed E-state index contributed by atoms with van der Waals surface area (Å²) in [6.45, 7) is -0.695. The normalized spacial score (nSPS) is 13.6. The van der Waals surface area contributed by atoms with Gasteiger partial charge in [-0.25, -0.2) is 14.4 Å². The number of nitrogens with zero attached hydrogens (tertiary/aromatic N) is 2. The first-order valence-electron chi connectivity index (χ1n) is 10.7. The van der Waals surface area contributed by atoms with E-state index in [9.17, 15) is 48.7 Å². The largest absolute Gasteiger partial charge is 0.573 e. The highest BCUT2D eigenvalue weighted by Gasteiger charge is 2.41. The third-order valence-electron chi connectivity index (χ3n) is 5.08. The van der Waals surface area contributed by atoms with Crippen LogP contribution in [0.3, 0.4) is 0 Å². The van der Waals surface area contributed by atoms with Crippen LogP contribution in [0.2, 0.25) is 5.02 Å². The fourth-order valence-electron chi connectivity index (χ4n) is 3.35. The Bertz CT molecular complexity index is 1390. The van der Waals surface area contributed by atoms with Crippen molar-refractivity contribution in [2.45, 2.75) is 24.6 Å². The van der Waals surface area contributed by atoms with Crippen molar-refractivity contribution in [3.63, 3.8) is 0 Å². The van der Waals surface area contributed by atoms with Gasteiger partial charge >= 0.3 is 18.7 Å². The van der Waals surface area contributed by atoms with Crippen molar-refractivity contribution in [3.05, 3.63) is 88.2 Å². The first-order valence-corrected chi connectivity index (χ1v) is 11.1. The average molecular weight is 602 g/mol. The quantitative estimate of drug-likeness (QED) is 0.209. The van der Waals surface area contributed by atoms with Crippen molar-refractivity contribution in [2.24, 2.45) is 0 Å². The zero-order valence-electron chi connectivity index (χ0n) is 19.4. The molecule has 1 aromatic heterocycles. The van der Waals surface area contributed by atoms with Crippen LogP contribution in [-0.2, 0) is 6.18 Å². The van der Waals surface area contributed by atoms with Crippen LogP contribution in [0.15, 0.2) is 60.9 Å². The van der Waals surface area contributed by atoms with Gasteiger partial charge in [0.1, 0.15) is 17.5 Å². The molecule has 0 aliphatic rings. The molecule has 0 saturated heterocycles. The number of ketones is 1. The van der Waals surface area contributed by atoms with Gasteiger partial charge < -0.3 is 10.1 Å². The molecule has 3 aromatic rings. The van der Waals surface area contributed by atoms with Gasteiger partial charge in [-0.05, 0) is 35.9 Å². The van der Waals surface area contributed by atoms with Gasteiger partial charge in [-0.3, -0.25) is 4.79 Å². The van der Waals surface area contributed by atoms with Gasteiger partial charge in [0.05, 0.1) is 17.1 Å². The maximum atomic E-state index is 15.0. The van der Waals surface area contributed by atoms with E-state index in [-0.39, 0.29) is 24.2 Å². The van der Waals surface area contributed by atoms with Gasteiger partial charge in [-0.1, -0.05) is 29.8 Å². The molecule has 16 heteroatoms. The molecule has 3 rings (SSSR count). The highest BCUT2D eigenvalue weighted by Crippen LogP contribution is 2.42. The minimum atomic E-state index is -5.31. The molecule has 1 N–H and O–H groups in total. The molecule has 0 fully saturated rings. The van der Waals surface area contributed by atoms with Crippen LogP contribution < -0.4 is 10.1 Å². The Balaban J connectivity index is 1.98. The van der Waals surface area contributed by atoms with Crippen LogP contribution in [0.5, 0.6) is 5.75 Å². The Labute approximate surface area is 223 Å². The van der Waals surface area contributed by atoms with Gasteiger partial charge in [0.25, 0.3) is 0 Å². The maximum absolute atomic E-state index is 15.0. The predicted molar refractivity (Wildman–Crippen MR) is 122 cm³/mol. The summed E-state index contributed by atoms with van der Waals surface area (Å²) in [6, 6.07) is 4.41. The summed E-state index contributed by atoms with van der Waals surface area (Å²) >= 11 is 5.54. The lowest BCUT2D eigenvalue weighted by molar-refractivity contribution is -0.274. The molecule has 0 bridgehead atoms. The molecular formula is C24H14ClF10N3O2.